The van der Waals surface area contributed by atoms with Gasteiger partial charge in [0, 0.05) is 6.42 Å². The first kappa shape index (κ1) is 9.56. The Balaban J connectivity index is 2.16. The van der Waals surface area contributed by atoms with Gasteiger partial charge in [-0.1, -0.05) is 26.2 Å². The van der Waals surface area contributed by atoms with Crippen LogP contribution in [0.25, 0.3) is 0 Å². The Kier molecular flexibility index (Phi) is 3.12. The van der Waals surface area contributed by atoms with Crippen molar-refractivity contribution in [2.75, 3.05) is 0 Å². The van der Waals surface area contributed by atoms with E-state index in [9.17, 15) is 4.79 Å². The molecule has 0 radical (unpaired) electrons. The highest BCUT2D eigenvalue weighted by Gasteiger charge is 2.42. The van der Waals surface area contributed by atoms with Crippen molar-refractivity contribution in [2.45, 2.75) is 51.9 Å². The van der Waals surface area contributed by atoms with Crippen molar-refractivity contribution in [3.8, 4) is 0 Å². The Morgan fingerprint density at radius 3 is 2.50 bits per heavy atom. The molecule has 0 aliphatic heterocycles. The SMILES string of the molecule is CCCCCC1(CC(N)=O)CC1. The maximum absolute atomic E-state index is 10.7. The Morgan fingerprint density at radius 2 is 2.08 bits per heavy atom. The van der Waals surface area contributed by atoms with E-state index in [0.717, 1.165) is 0 Å². The molecule has 0 unspecified atom stereocenters. The monoisotopic (exact) mass is 169 g/mol. The molecule has 1 saturated carbocycles. The van der Waals surface area contributed by atoms with Crippen LogP contribution in [0.3, 0.4) is 0 Å². The number of hydrogen-bond acceptors (Lipinski definition) is 1. The zero-order valence-electron chi connectivity index (χ0n) is 7.94. The lowest BCUT2D eigenvalue weighted by Gasteiger charge is -2.11. The number of unbranched alkanes of at least 4 members (excludes halogenated alkanes) is 2. The number of carbonyl (C=O) groups is 1. The number of rotatable bonds is 6. The van der Waals surface area contributed by atoms with Crippen LogP contribution in [0.15, 0.2) is 0 Å². The molecule has 0 heterocycles. The first-order valence-corrected chi connectivity index (χ1v) is 4.97. The molecule has 1 rings (SSSR count). The van der Waals surface area contributed by atoms with Gasteiger partial charge >= 0.3 is 0 Å². The Morgan fingerprint density at radius 1 is 1.42 bits per heavy atom. The molecule has 1 amide bonds. The van der Waals surface area contributed by atoms with Gasteiger partial charge in [-0.25, -0.2) is 0 Å². The van der Waals surface area contributed by atoms with E-state index in [1.165, 1.54) is 38.5 Å². The van der Waals surface area contributed by atoms with Crippen LogP contribution >= 0.6 is 0 Å². The van der Waals surface area contributed by atoms with Gasteiger partial charge in [-0.05, 0) is 24.7 Å². The molecule has 1 fully saturated rings. The minimum atomic E-state index is -0.121. The number of amides is 1. The first-order valence-electron chi connectivity index (χ1n) is 4.97. The fourth-order valence-corrected chi connectivity index (χ4v) is 1.81. The molecule has 70 valence electrons. The fraction of sp³-hybridized carbons (Fsp3) is 0.900. The highest BCUT2D eigenvalue weighted by Crippen LogP contribution is 2.52. The van der Waals surface area contributed by atoms with Crippen LogP contribution in [-0.4, -0.2) is 5.91 Å². The van der Waals surface area contributed by atoms with Gasteiger partial charge in [0.1, 0.15) is 0 Å². The second kappa shape index (κ2) is 3.92. The molecule has 0 saturated heterocycles. The molecule has 0 bridgehead atoms. The van der Waals surface area contributed by atoms with E-state index in [1.807, 2.05) is 0 Å². The number of carbonyl (C=O) groups excluding carboxylic acids is 1. The quantitative estimate of drug-likeness (QED) is 0.609. The summed E-state index contributed by atoms with van der Waals surface area (Å²) in [6.45, 7) is 2.20. The van der Waals surface area contributed by atoms with Gasteiger partial charge in [0.25, 0.3) is 0 Å². The minimum Gasteiger partial charge on any atom is -0.370 e. The maximum atomic E-state index is 10.7. The average molecular weight is 169 g/mol. The van der Waals surface area contributed by atoms with E-state index in [0.29, 0.717) is 11.8 Å². The summed E-state index contributed by atoms with van der Waals surface area (Å²) in [6.07, 6.45) is 8.09. The molecule has 2 heteroatoms. The molecule has 0 aromatic carbocycles. The number of primary amides is 1. The molecule has 12 heavy (non-hydrogen) atoms. The van der Waals surface area contributed by atoms with Gasteiger partial charge in [0.2, 0.25) is 5.91 Å². The van der Waals surface area contributed by atoms with Crippen molar-refractivity contribution >= 4 is 5.91 Å². The Hall–Kier alpha value is -0.530. The molecule has 0 aromatic rings. The van der Waals surface area contributed by atoms with Crippen molar-refractivity contribution in [2.24, 2.45) is 11.1 Å². The number of nitrogens with two attached hydrogens (primary N) is 1. The number of hydrogen-bond donors (Lipinski definition) is 1. The van der Waals surface area contributed by atoms with Gasteiger partial charge in [-0.3, -0.25) is 4.79 Å². The van der Waals surface area contributed by atoms with Gasteiger partial charge < -0.3 is 5.73 Å². The minimum absolute atomic E-state index is 0.121. The second-order valence-electron chi connectivity index (χ2n) is 4.10. The van der Waals surface area contributed by atoms with Crippen LogP contribution in [0.2, 0.25) is 0 Å². The topological polar surface area (TPSA) is 43.1 Å². The smallest absolute Gasteiger partial charge is 0.217 e. The summed E-state index contributed by atoms with van der Waals surface area (Å²) in [5.74, 6) is -0.121. The molecule has 1 aliphatic rings. The summed E-state index contributed by atoms with van der Waals surface area (Å²) in [7, 11) is 0. The van der Waals surface area contributed by atoms with E-state index >= 15 is 0 Å². The molecule has 0 aromatic heterocycles. The van der Waals surface area contributed by atoms with Gasteiger partial charge in [-0.15, -0.1) is 0 Å². The van der Waals surface area contributed by atoms with Crippen LogP contribution in [0.5, 0.6) is 0 Å². The van der Waals surface area contributed by atoms with E-state index < -0.39 is 0 Å². The highest BCUT2D eigenvalue weighted by atomic mass is 16.1. The normalized spacial score (nSPS) is 19.1. The lowest BCUT2D eigenvalue weighted by molar-refractivity contribution is -0.119. The zero-order chi connectivity index (χ0) is 9.03. The van der Waals surface area contributed by atoms with Crippen LogP contribution in [0, 0.1) is 5.41 Å². The van der Waals surface area contributed by atoms with Crippen LogP contribution in [0.1, 0.15) is 51.9 Å². The molecule has 1 aliphatic carbocycles. The van der Waals surface area contributed by atoms with E-state index in [2.05, 4.69) is 6.92 Å². The molecular formula is C10H19NO. The van der Waals surface area contributed by atoms with Crippen molar-refractivity contribution in [1.29, 1.82) is 0 Å². The summed E-state index contributed by atoms with van der Waals surface area (Å²) >= 11 is 0. The van der Waals surface area contributed by atoms with E-state index in [4.69, 9.17) is 5.73 Å². The Bertz CT molecular complexity index is 161. The third kappa shape index (κ3) is 2.84. The van der Waals surface area contributed by atoms with Crippen LogP contribution in [-0.2, 0) is 4.79 Å². The zero-order valence-corrected chi connectivity index (χ0v) is 7.94. The summed E-state index contributed by atoms with van der Waals surface area (Å²) < 4.78 is 0. The standard InChI is InChI=1S/C10H19NO/c1-2-3-4-5-10(6-7-10)8-9(11)12/h2-8H2,1H3,(H2,11,12). The predicted molar refractivity (Wildman–Crippen MR) is 49.6 cm³/mol. The second-order valence-corrected chi connectivity index (χ2v) is 4.10. The summed E-state index contributed by atoms with van der Waals surface area (Å²) in [6, 6.07) is 0. The van der Waals surface area contributed by atoms with Gasteiger partial charge in [-0.2, -0.15) is 0 Å². The van der Waals surface area contributed by atoms with Gasteiger partial charge in [0.05, 0.1) is 0 Å². The van der Waals surface area contributed by atoms with E-state index in [1.54, 1.807) is 0 Å². The molecular weight excluding hydrogens is 150 g/mol. The predicted octanol–water partition coefficient (Wildman–Crippen LogP) is 2.22. The third-order valence-electron chi connectivity index (χ3n) is 2.82. The van der Waals surface area contributed by atoms with Crippen molar-refractivity contribution in [3.05, 3.63) is 0 Å². The molecule has 0 spiro atoms. The van der Waals surface area contributed by atoms with Crippen LogP contribution in [0.4, 0.5) is 0 Å². The molecule has 2 nitrogen and oxygen atoms in total. The first-order chi connectivity index (χ1) is 5.68. The maximum Gasteiger partial charge on any atom is 0.217 e. The van der Waals surface area contributed by atoms with Crippen molar-refractivity contribution in [3.63, 3.8) is 0 Å². The summed E-state index contributed by atoms with van der Waals surface area (Å²) in [4.78, 5) is 10.7. The summed E-state index contributed by atoms with van der Waals surface area (Å²) in [5.41, 5.74) is 5.53. The van der Waals surface area contributed by atoms with E-state index in [-0.39, 0.29) is 5.91 Å². The summed E-state index contributed by atoms with van der Waals surface area (Å²) in [5, 5.41) is 0. The lowest BCUT2D eigenvalue weighted by atomic mass is 9.94. The van der Waals surface area contributed by atoms with Crippen molar-refractivity contribution < 1.29 is 4.79 Å². The third-order valence-corrected chi connectivity index (χ3v) is 2.82. The Labute approximate surface area is 74.5 Å². The van der Waals surface area contributed by atoms with Crippen LogP contribution < -0.4 is 5.73 Å². The van der Waals surface area contributed by atoms with Gasteiger partial charge in [0.15, 0.2) is 0 Å². The molecule has 2 N–H and O–H groups in total. The lowest BCUT2D eigenvalue weighted by Crippen LogP contribution is -2.17. The fourth-order valence-electron chi connectivity index (χ4n) is 1.81. The highest BCUT2D eigenvalue weighted by molar-refractivity contribution is 5.75. The van der Waals surface area contributed by atoms with Crippen molar-refractivity contribution in [1.82, 2.24) is 0 Å². The average Bonchev–Trinajstić information content (AvgIpc) is 2.69. The largest absolute Gasteiger partial charge is 0.370 e. The molecule has 0 atom stereocenters.